The quantitative estimate of drug-likeness (QED) is 0.407. The summed E-state index contributed by atoms with van der Waals surface area (Å²) < 4.78 is 0. The van der Waals surface area contributed by atoms with Crippen molar-refractivity contribution in [1.29, 1.82) is 0 Å². The summed E-state index contributed by atoms with van der Waals surface area (Å²) in [4.78, 5) is 55.9. The number of anilines is 2. The third kappa shape index (κ3) is 5.83. The van der Waals surface area contributed by atoms with Crippen molar-refractivity contribution in [3.05, 3.63) is 96.1 Å². The Balaban J connectivity index is 1.44. The molecule has 3 aromatic carbocycles. The van der Waals surface area contributed by atoms with Crippen molar-refractivity contribution in [3.8, 4) is 0 Å². The molecule has 9 heteroatoms. The van der Waals surface area contributed by atoms with Crippen molar-refractivity contribution >= 4 is 35.0 Å². The standard InChI is InChI=1S/C31H33N5O4/c1-35-24-14-8-9-15-25(24)36(20-27(38)32-19-18-21-10-4-2-5-11-21)31(40)28(29(35)22-12-6-3-7-13-22)34-30(39)23-16-17-26(37)33-23/h2-15,23,28-29H,16-20H2,1H3,(H,32,38)(H,33,37)(H,34,39)/t23-,28-,29-/m0/s1. The Morgan fingerprint density at radius 1 is 0.900 bits per heavy atom. The summed E-state index contributed by atoms with van der Waals surface area (Å²) in [7, 11) is 1.88. The number of nitrogens with one attached hydrogen (secondary N) is 3. The molecule has 3 atom stereocenters. The first-order valence-electron chi connectivity index (χ1n) is 13.5. The van der Waals surface area contributed by atoms with E-state index in [1.807, 2.05) is 96.9 Å². The Bertz CT molecular complexity index is 1380. The van der Waals surface area contributed by atoms with Gasteiger partial charge in [0.25, 0.3) is 5.91 Å². The van der Waals surface area contributed by atoms with Crippen LogP contribution in [0.2, 0.25) is 0 Å². The molecule has 0 spiro atoms. The number of hydrogen-bond acceptors (Lipinski definition) is 5. The van der Waals surface area contributed by atoms with E-state index in [0.29, 0.717) is 25.1 Å². The van der Waals surface area contributed by atoms with E-state index in [0.717, 1.165) is 16.8 Å². The van der Waals surface area contributed by atoms with Crippen molar-refractivity contribution < 1.29 is 19.2 Å². The molecule has 5 rings (SSSR count). The number of likely N-dealkylation sites (N-methyl/N-ethyl adjacent to an activating group) is 1. The third-order valence-corrected chi connectivity index (χ3v) is 7.45. The number of para-hydroxylation sites is 2. The van der Waals surface area contributed by atoms with Crippen LogP contribution in [0.1, 0.15) is 30.0 Å². The highest BCUT2D eigenvalue weighted by atomic mass is 16.2. The minimum Gasteiger partial charge on any atom is -0.363 e. The zero-order valence-corrected chi connectivity index (χ0v) is 22.4. The molecule has 2 aliphatic heterocycles. The first kappa shape index (κ1) is 26.9. The molecule has 206 valence electrons. The molecule has 40 heavy (non-hydrogen) atoms. The fourth-order valence-corrected chi connectivity index (χ4v) is 5.41. The van der Waals surface area contributed by atoms with Gasteiger partial charge in [-0.2, -0.15) is 0 Å². The topological polar surface area (TPSA) is 111 Å². The fourth-order valence-electron chi connectivity index (χ4n) is 5.41. The van der Waals surface area contributed by atoms with Crippen LogP contribution in [0.5, 0.6) is 0 Å². The van der Waals surface area contributed by atoms with E-state index >= 15 is 0 Å². The number of fused-ring (bicyclic) bond motifs is 1. The highest BCUT2D eigenvalue weighted by Crippen LogP contribution is 2.39. The molecule has 3 aromatic rings. The summed E-state index contributed by atoms with van der Waals surface area (Å²) in [6.45, 7) is 0.229. The minimum atomic E-state index is -1.01. The summed E-state index contributed by atoms with van der Waals surface area (Å²) in [6, 6.07) is 24.5. The van der Waals surface area contributed by atoms with E-state index in [1.54, 1.807) is 0 Å². The first-order valence-corrected chi connectivity index (χ1v) is 13.5. The number of nitrogens with zero attached hydrogens (tertiary/aromatic N) is 2. The van der Waals surface area contributed by atoms with Gasteiger partial charge < -0.3 is 20.9 Å². The van der Waals surface area contributed by atoms with E-state index < -0.39 is 29.9 Å². The molecule has 0 saturated carbocycles. The highest BCUT2D eigenvalue weighted by molar-refractivity contribution is 6.07. The molecule has 1 fully saturated rings. The molecule has 0 aromatic heterocycles. The van der Waals surface area contributed by atoms with Gasteiger partial charge in [-0.05, 0) is 36.1 Å². The van der Waals surface area contributed by atoms with Crippen LogP contribution in [0.3, 0.4) is 0 Å². The molecule has 2 aliphatic rings. The summed E-state index contributed by atoms with van der Waals surface area (Å²) in [6.07, 6.45) is 1.30. The van der Waals surface area contributed by atoms with Gasteiger partial charge in [-0.15, -0.1) is 0 Å². The first-order chi connectivity index (χ1) is 19.4. The van der Waals surface area contributed by atoms with E-state index in [-0.39, 0.29) is 24.8 Å². The molecule has 0 aliphatic carbocycles. The predicted octanol–water partition coefficient (Wildman–Crippen LogP) is 2.33. The van der Waals surface area contributed by atoms with Crippen LogP contribution >= 0.6 is 0 Å². The second-order valence-electron chi connectivity index (χ2n) is 10.1. The lowest BCUT2D eigenvalue weighted by Gasteiger charge is -2.34. The van der Waals surface area contributed by atoms with Crippen molar-refractivity contribution in [1.82, 2.24) is 16.0 Å². The number of hydrogen-bond donors (Lipinski definition) is 3. The van der Waals surface area contributed by atoms with Gasteiger partial charge in [-0.3, -0.25) is 24.1 Å². The van der Waals surface area contributed by atoms with Crippen LogP contribution in [0.25, 0.3) is 0 Å². The average Bonchev–Trinajstić information content (AvgIpc) is 3.39. The molecule has 1 saturated heterocycles. The monoisotopic (exact) mass is 539 g/mol. The maximum absolute atomic E-state index is 14.3. The predicted molar refractivity (Wildman–Crippen MR) is 153 cm³/mol. The van der Waals surface area contributed by atoms with Gasteiger partial charge in [0.1, 0.15) is 18.6 Å². The number of benzene rings is 3. The molecule has 0 unspecified atom stereocenters. The number of carbonyl (C=O) groups is 4. The normalized spacial score (nSPS) is 20.4. The van der Waals surface area contributed by atoms with Crippen LogP contribution < -0.4 is 25.8 Å². The Morgan fingerprint density at radius 3 is 2.23 bits per heavy atom. The van der Waals surface area contributed by atoms with Crippen LogP contribution in [0.15, 0.2) is 84.9 Å². The number of carbonyl (C=O) groups excluding carboxylic acids is 4. The van der Waals surface area contributed by atoms with Crippen LogP contribution in [-0.2, 0) is 25.6 Å². The lowest BCUT2D eigenvalue weighted by Crippen LogP contribution is -2.57. The van der Waals surface area contributed by atoms with E-state index in [9.17, 15) is 19.2 Å². The van der Waals surface area contributed by atoms with Crippen LogP contribution in [-0.4, -0.2) is 55.8 Å². The highest BCUT2D eigenvalue weighted by Gasteiger charge is 2.43. The van der Waals surface area contributed by atoms with Crippen molar-refractivity contribution in [2.24, 2.45) is 0 Å². The summed E-state index contributed by atoms with van der Waals surface area (Å²) >= 11 is 0. The van der Waals surface area contributed by atoms with Gasteiger partial charge in [0.2, 0.25) is 17.7 Å². The second kappa shape index (κ2) is 12.0. The molecular weight excluding hydrogens is 506 g/mol. The van der Waals surface area contributed by atoms with Crippen molar-refractivity contribution in [2.45, 2.75) is 37.4 Å². The Morgan fingerprint density at radius 2 is 1.55 bits per heavy atom. The van der Waals surface area contributed by atoms with Crippen molar-refractivity contribution in [2.75, 3.05) is 29.9 Å². The van der Waals surface area contributed by atoms with E-state index in [2.05, 4.69) is 16.0 Å². The third-order valence-electron chi connectivity index (χ3n) is 7.45. The Hall–Kier alpha value is -4.66. The number of amides is 4. The van der Waals surface area contributed by atoms with Gasteiger partial charge >= 0.3 is 0 Å². The summed E-state index contributed by atoms with van der Waals surface area (Å²) in [5, 5.41) is 8.55. The maximum atomic E-state index is 14.3. The second-order valence-corrected chi connectivity index (χ2v) is 10.1. The van der Waals surface area contributed by atoms with Crippen LogP contribution in [0, 0.1) is 0 Å². The zero-order chi connectivity index (χ0) is 28.1. The van der Waals surface area contributed by atoms with Crippen molar-refractivity contribution in [3.63, 3.8) is 0 Å². The average molecular weight is 540 g/mol. The van der Waals surface area contributed by atoms with Crippen LogP contribution in [0.4, 0.5) is 11.4 Å². The minimum absolute atomic E-state index is 0.190. The molecular formula is C31H33N5O4. The summed E-state index contributed by atoms with van der Waals surface area (Å²) in [5.74, 6) is -1.31. The molecule has 3 N–H and O–H groups in total. The lowest BCUT2D eigenvalue weighted by atomic mass is 9.96. The smallest absolute Gasteiger partial charge is 0.252 e. The zero-order valence-electron chi connectivity index (χ0n) is 22.4. The molecule has 0 bridgehead atoms. The SMILES string of the molecule is CN1c2ccccc2N(CC(=O)NCCc2ccccc2)C(=O)[C@@H](NC(=O)[C@@H]2CCC(=O)N2)[C@@H]1c1ccccc1. The van der Waals surface area contributed by atoms with Gasteiger partial charge in [0.15, 0.2) is 0 Å². The van der Waals surface area contributed by atoms with Gasteiger partial charge in [0.05, 0.1) is 17.4 Å². The number of rotatable bonds is 8. The molecule has 2 heterocycles. The lowest BCUT2D eigenvalue weighted by molar-refractivity contribution is -0.130. The fraction of sp³-hybridized carbons (Fsp3) is 0.290. The Labute approximate surface area is 233 Å². The van der Waals surface area contributed by atoms with E-state index in [1.165, 1.54) is 4.90 Å². The van der Waals surface area contributed by atoms with E-state index in [4.69, 9.17) is 0 Å². The molecule has 4 amide bonds. The van der Waals surface area contributed by atoms with Gasteiger partial charge in [-0.1, -0.05) is 72.8 Å². The van der Waals surface area contributed by atoms with Gasteiger partial charge in [0, 0.05) is 20.0 Å². The molecule has 0 radical (unpaired) electrons. The molecule has 9 nitrogen and oxygen atoms in total. The Kier molecular flexibility index (Phi) is 8.10. The van der Waals surface area contributed by atoms with Gasteiger partial charge in [-0.25, -0.2) is 0 Å². The largest absolute Gasteiger partial charge is 0.363 e. The maximum Gasteiger partial charge on any atom is 0.252 e. The summed E-state index contributed by atoms with van der Waals surface area (Å²) in [5.41, 5.74) is 3.28.